The number of hydrogen-bond acceptors (Lipinski definition) is 4. The van der Waals surface area contributed by atoms with Gasteiger partial charge in [0.15, 0.2) is 0 Å². The van der Waals surface area contributed by atoms with Gasteiger partial charge in [-0.2, -0.15) is 0 Å². The standard InChI is InChI=1S/C13H14FN3OS/c1-7-6-16-13(19-7)8(2)17-12(18)9-4-3-5-10(14)11(9)15/h3-6,8H,15H2,1-2H3,(H,17,18). The molecule has 1 heterocycles. The summed E-state index contributed by atoms with van der Waals surface area (Å²) in [6.45, 7) is 3.77. The minimum Gasteiger partial charge on any atom is -0.396 e. The smallest absolute Gasteiger partial charge is 0.254 e. The van der Waals surface area contributed by atoms with E-state index in [1.54, 1.807) is 6.20 Å². The highest BCUT2D eigenvalue weighted by Crippen LogP contribution is 2.21. The number of carbonyl (C=O) groups excluding carboxylic acids is 1. The molecule has 1 atom stereocenters. The topological polar surface area (TPSA) is 68.0 Å². The highest BCUT2D eigenvalue weighted by atomic mass is 32.1. The van der Waals surface area contributed by atoms with Crippen LogP contribution >= 0.6 is 11.3 Å². The molecule has 2 aromatic rings. The molecule has 19 heavy (non-hydrogen) atoms. The fourth-order valence-electron chi connectivity index (χ4n) is 1.64. The zero-order chi connectivity index (χ0) is 14.0. The molecule has 0 spiro atoms. The van der Waals surface area contributed by atoms with Crippen molar-refractivity contribution in [1.29, 1.82) is 0 Å². The van der Waals surface area contributed by atoms with Gasteiger partial charge >= 0.3 is 0 Å². The van der Waals surface area contributed by atoms with Crippen LogP contribution in [0.1, 0.15) is 33.2 Å². The molecule has 1 amide bonds. The van der Waals surface area contributed by atoms with Gasteiger partial charge in [0.25, 0.3) is 5.91 Å². The van der Waals surface area contributed by atoms with Gasteiger partial charge in [-0.1, -0.05) is 6.07 Å². The molecule has 1 unspecified atom stereocenters. The van der Waals surface area contributed by atoms with E-state index in [-0.39, 0.29) is 17.3 Å². The van der Waals surface area contributed by atoms with Crippen LogP contribution in [0.25, 0.3) is 0 Å². The largest absolute Gasteiger partial charge is 0.396 e. The minimum absolute atomic E-state index is 0.137. The molecule has 0 saturated heterocycles. The molecule has 2 rings (SSSR count). The van der Waals surface area contributed by atoms with Crippen LogP contribution in [0.5, 0.6) is 0 Å². The lowest BCUT2D eigenvalue weighted by Crippen LogP contribution is -2.27. The van der Waals surface area contributed by atoms with Gasteiger partial charge in [0.2, 0.25) is 0 Å². The molecule has 0 aliphatic heterocycles. The number of aromatic nitrogens is 1. The summed E-state index contributed by atoms with van der Waals surface area (Å²) in [6, 6.07) is 3.93. The second-order valence-corrected chi connectivity index (χ2v) is 5.47. The van der Waals surface area contributed by atoms with Gasteiger partial charge in [0.05, 0.1) is 17.3 Å². The Kier molecular flexibility index (Phi) is 3.80. The van der Waals surface area contributed by atoms with Gasteiger partial charge in [-0.15, -0.1) is 11.3 Å². The third-order valence-corrected chi connectivity index (χ3v) is 3.75. The van der Waals surface area contributed by atoms with Crippen LogP contribution in [0.4, 0.5) is 10.1 Å². The number of thiazole rings is 1. The van der Waals surface area contributed by atoms with Crippen molar-refractivity contribution in [3.05, 3.63) is 45.7 Å². The third-order valence-electron chi connectivity index (χ3n) is 2.65. The van der Waals surface area contributed by atoms with Gasteiger partial charge in [-0.05, 0) is 26.0 Å². The number of hydrogen-bond donors (Lipinski definition) is 2. The molecule has 0 aliphatic rings. The average Bonchev–Trinajstić information content (AvgIpc) is 2.79. The van der Waals surface area contributed by atoms with Crippen LogP contribution in [-0.4, -0.2) is 10.9 Å². The van der Waals surface area contributed by atoms with Crippen molar-refractivity contribution >= 4 is 22.9 Å². The van der Waals surface area contributed by atoms with E-state index in [4.69, 9.17) is 5.73 Å². The summed E-state index contributed by atoms with van der Waals surface area (Å²) in [4.78, 5) is 17.3. The molecule has 100 valence electrons. The maximum absolute atomic E-state index is 13.3. The molecule has 4 nitrogen and oxygen atoms in total. The van der Waals surface area contributed by atoms with Crippen molar-refractivity contribution in [3.8, 4) is 0 Å². The normalized spacial score (nSPS) is 12.2. The van der Waals surface area contributed by atoms with Crippen molar-refractivity contribution in [2.24, 2.45) is 0 Å². The zero-order valence-electron chi connectivity index (χ0n) is 10.6. The number of carbonyl (C=O) groups is 1. The first kappa shape index (κ1) is 13.5. The number of nitrogens with one attached hydrogen (secondary N) is 1. The Morgan fingerprint density at radius 1 is 1.53 bits per heavy atom. The summed E-state index contributed by atoms with van der Waals surface area (Å²) < 4.78 is 13.3. The number of para-hydroxylation sites is 1. The highest BCUT2D eigenvalue weighted by molar-refractivity contribution is 7.11. The predicted octanol–water partition coefficient (Wildman–Crippen LogP) is 2.66. The molecular weight excluding hydrogens is 265 g/mol. The van der Waals surface area contributed by atoms with Crippen LogP contribution in [-0.2, 0) is 0 Å². The first-order valence-corrected chi connectivity index (χ1v) is 6.58. The van der Waals surface area contributed by atoms with Crippen LogP contribution in [0.2, 0.25) is 0 Å². The maximum atomic E-state index is 13.3. The van der Waals surface area contributed by atoms with Crippen molar-refractivity contribution in [2.75, 3.05) is 5.73 Å². The predicted molar refractivity (Wildman–Crippen MR) is 73.5 cm³/mol. The van der Waals surface area contributed by atoms with E-state index in [9.17, 15) is 9.18 Å². The first-order chi connectivity index (χ1) is 8.99. The summed E-state index contributed by atoms with van der Waals surface area (Å²) >= 11 is 1.51. The third kappa shape index (κ3) is 2.90. The van der Waals surface area contributed by atoms with Crippen molar-refractivity contribution in [1.82, 2.24) is 10.3 Å². The quantitative estimate of drug-likeness (QED) is 0.849. The van der Waals surface area contributed by atoms with Gasteiger partial charge in [-0.3, -0.25) is 4.79 Å². The Labute approximate surface area is 114 Å². The number of amides is 1. The van der Waals surface area contributed by atoms with Crippen molar-refractivity contribution in [3.63, 3.8) is 0 Å². The zero-order valence-corrected chi connectivity index (χ0v) is 11.4. The molecule has 0 aliphatic carbocycles. The van der Waals surface area contributed by atoms with Crippen LogP contribution in [0.3, 0.4) is 0 Å². The Morgan fingerprint density at radius 3 is 2.89 bits per heavy atom. The summed E-state index contributed by atoms with van der Waals surface area (Å²) in [5.74, 6) is -0.997. The maximum Gasteiger partial charge on any atom is 0.254 e. The van der Waals surface area contributed by atoms with E-state index < -0.39 is 11.7 Å². The molecule has 6 heteroatoms. The Balaban J connectivity index is 2.15. The Morgan fingerprint density at radius 2 is 2.26 bits per heavy atom. The van der Waals surface area contributed by atoms with Gasteiger partial charge in [0, 0.05) is 11.1 Å². The number of halogens is 1. The van der Waals surface area contributed by atoms with E-state index in [2.05, 4.69) is 10.3 Å². The van der Waals surface area contributed by atoms with Crippen LogP contribution in [0, 0.1) is 12.7 Å². The lowest BCUT2D eigenvalue weighted by atomic mass is 10.1. The molecule has 1 aromatic heterocycles. The average molecular weight is 279 g/mol. The molecule has 0 fully saturated rings. The lowest BCUT2D eigenvalue weighted by molar-refractivity contribution is 0.0940. The van der Waals surface area contributed by atoms with E-state index in [0.29, 0.717) is 0 Å². The van der Waals surface area contributed by atoms with Crippen LogP contribution < -0.4 is 11.1 Å². The lowest BCUT2D eigenvalue weighted by Gasteiger charge is -2.12. The summed E-state index contributed by atoms with van der Waals surface area (Å²) in [5, 5.41) is 3.56. The SMILES string of the molecule is Cc1cnc(C(C)NC(=O)c2cccc(F)c2N)s1. The van der Waals surface area contributed by atoms with Gasteiger partial charge < -0.3 is 11.1 Å². The monoisotopic (exact) mass is 279 g/mol. The number of rotatable bonds is 3. The Hall–Kier alpha value is -1.95. The molecule has 0 bridgehead atoms. The second kappa shape index (κ2) is 5.36. The molecular formula is C13H14FN3OS. The van der Waals surface area contributed by atoms with E-state index in [1.165, 1.54) is 29.5 Å². The fourth-order valence-corrected chi connectivity index (χ4v) is 2.42. The Bertz CT molecular complexity index is 612. The molecule has 0 radical (unpaired) electrons. The highest BCUT2D eigenvalue weighted by Gasteiger charge is 2.17. The molecule has 3 N–H and O–H groups in total. The van der Waals surface area contributed by atoms with Crippen molar-refractivity contribution < 1.29 is 9.18 Å². The second-order valence-electron chi connectivity index (χ2n) is 4.21. The van der Waals surface area contributed by atoms with Gasteiger partial charge in [-0.25, -0.2) is 9.37 Å². The summed E-state index contributed by atoms with van der Waals surface area (Å²) in [7, 11) is 0. The summed E-state index contributed by atoms with van der Waals surface area (Å²) in [5.41, 5.74) is 5.56. The number of nitrogens with zero attached hydrogens (tertiary/aromatic N) is 1. The van der Waals surface area contributed by atoms with Crippen molar-refractivity contribution in [2.45, 2.75) is 19.9 Å². The first-order valence-electron chi connectivity index (χ1n) is 5.76. The van der Waals surface area contributed by atoms with Crippen LogP contribution in [0.15, 0.2) is 24.4 Å². The fraction of sp³-hybridized carbons (Fsp3) is 0.231. The number of nitrogens with two attached hydrogens (primary N) is 1. The number of nitrogen functional groups attached to an aromatic ring is 1. The molecule has 1 aromatic carbocycles. The van der Waals surface area contributed by atoms with E-state index in [1.807, 2.05) is 13.8 Å². The van der Waals surface area contributed by atoms with Gasteiger partial charge in [0.1, 0.15) is 10.8 Å². The number of aryl methyl sites for hydroxylation is 1. The summed E-state index contributed by atoms with van der Waals surface area (Å²) in [6.07, 6.45) is 1.75. The van der Waals surface area contributed by atoms with E-state index >= 15 is 0 Å². The minimum atomic E-state index is -0.592. The number of anilines is 1. The number of benzene rings is 1. The molecule has 0 saturated carbocycles. The van der Waals surface area contributed by atoms with E-state index in [0.717, 1.165) is 9.88 Å².